The van der Waals surface area contributed by atoms with Crippen molar-refractivity contribution in [2.24, 2.45) is 5.73 Å². The molecule has 29 heavy (non-hydrogen) atoms. The molecule has 0 unspecified atom stereocenters. The minimum atomic E-state index is -4.68. The van der Waals surface area contributed by atoms with Crippen LogP contribution in [0.15, 0.2) is 18.2 Å². The van der Waals surface area contributed by atoms with Gasteiger partial charge in [0, 0.05) is 38.2 Å². The van der Waals surface area contributed by atoms with E-state index in [0.717, 1.165) is 12.1 Å². The summed E-state index contributed by atoms with van der Waals surface area (Å²) in [4.78, 5) is 35.0. The van der Waals surface area contributed by atoms with Crippen molar-refractivity contribution < 1.29 is 27.7 Å². The van der Waals surface area contributed by atoms with E-state index in [1.165, 1.54) is 0 Å². The first-order valence-corrected chi connectivity index (χ1v) is 8.96. The van der Waals surface area contributed by atoms with Crippen LogP contribution in [0.3, 0.4) is 0 Å². The molecule has 0 atom stereocenters. The third kappa shape index (κ3) is 6.89. The van der Waals surface area contributed by atoms with Crippen LogP contribution in [0.2, 0.25) is 0 Å². The Morgan fingerprint density at radius 3 is 2.48 bits per heavy atom. The van der Waals surface area contributed by atoms with Crippen LogP contribution >= 0.6 is 0 Å². The second-order valence-electron chi connectivity index (χ2n) is 6.75. The summed E-state index contributed by atoms with van der Waals surface area (Å²) in [5, 5.41) is 16.5. The number of anilines is 1. The summed E-state index contributed by atoms with van der Waals surface area (Å²) in [5.41, 5.74) is 3.24. The van der Waals surface area contributed by atoms with Gasteiger partial charge in [-0.25, -0.2) is 0 Å². The smallest absolute Gasteiger partial charge is 0.379 e. The van der Waals surface area contributed by atoms with Gasteiger partial charge in [-0.3, -0.25) is 24.6 Å². The third-order valence-electron chi connectivity index (χ3n) is 4.52. The highest BCUT2D eigenvalue weighted by Crippen LogP contribution is 2.34. The Morgan fingerprint density at radius 2 is 1.93 bits per heavy atom. The van der Waals surface area contributed by atoms with E-state index in [-0.39, 0.29) is 37.1 Å². The van der Waals surface area contributed by atoms with E-state index in [2.05, 4.69) is 10.6 Å². The second-order valence-corrected chi connectivity index (χ2v) is 6.75. The Kier molecular flexibility index (Phi) is 7.37. The van der Waals surface area contributed by atoms with Crippen molar-refractivity contribution in [3.05, 3.63) is 33.9 Å². The molecule has 12 heteroatoms. The average molecular weight is 417 g/mol. The van der Waals surface area contributed by atoms with Gasteiger partial charge < -0.3 is 16.4 Å². The second kappa shape index (κ2) is 9.54. The number of halogens is 3. The molecule has 1 aliphatic heterocycles. The van der Waals surface area contributed by atoms with Crippen LogP contribution in [-0.2, 0) is 15.8 Å². The number of benzene rings is 1. The molecule has 1 fully saturated rings. The van der Waals surface area contributed by atoms with E-state index in [1.807, 2.05) is 4.90 Å². The van der Waals surface area contributed by atoms with Crippen molar-refractivity contribution in [3.63, 3.8) is 0 Å². The number of hydrogen-bond acceptors (Lipinski definition) is 6. The molecule has 1 aromatic carbocycles. The number of nitrogens with zero attached hydrogens (tertiary/aromatic N) is 2. The minimum Gasteiger partial charge on any atom is -0.379 e. The molecule has 9 nitrogen and oxygen atoms in total. The molecule has 0 aliphatic carbocycles. The lowest BCUT2D eigenvalue weighted by molar-refractivity contribution is -0.384. The standard InChI is InChI=1S/C17H22F3N5O4/c18-17(19,20)11-1-2-13(14(9-11)25(28)29)22-6-3-16(27)23-12-4-7-24(8-5-12)10-15(21)26/h1-2,9,12,22H,3-8,10H2,(H2,21,26)(H,23,27). The number of nitrogens with two attached hydrogens (primary N) is 1. The monoisotopic (exact) mass is 417 g/mol. The molecular formula is C17H22F3N5O4. The van der Waals surface area contributed by atoms with Crippen molar-refractivity contribution in [2.45, 2.75) is 31.5 Å². The topological polar surface area (TPSA) is 131 Å². The number of nitro benzene ring substituents is 1. The molecule has 1 aliphatic rings. The van der Waals surface area contributed by atoms with Crippen LogP contribution in [0.1, 0.15) is 24.8 Å². The molecule has 1 aromatic rings. The van der Waals surface area contributed by atoms with Crippen LogP contribution in [0, 0.1) is 10.1 Å². The number of amides is 2. The first-order chi connectivity index (χ1) is 13.6. The molecule has 2 rings (SSSR count). The molecule has 1 heterocycles. The fraction of sp³-hybridized carbons (Fsp3) is 0.529. The predicted octanol–water partition coefficient (Wildman–Crippen LogP) is 1.48. The van der Waals surface area contributed by atoms with Crippen LogP contribution in [-0.4, -0.2) is 53.9 Å². The average Bonchev–Trinajstić information content (AvgIpc) is 2.62. The molecule has 0 saturated carbocycles. The number of nitrogens with one attached hydrogen (secondary N) is 2. The summed E-state index contributed by atoms with van der Waals surface area (Å²) in [5.74, 6) is -0.684. The molecule has 0 radical (unpaired) electrons. The van der Waals surface area contributed by atoms with Crippen molar-refractivity contribution >= 4 is 23.2 Å². The van der Waals surface area contributed by atoms with Crippen molar-refractivity contribution in [2.75, 3.05) is 31.5 Å². The van der Waals surface area contributed by atoms with E-state index >= 15 is 0 Å². The molecule has 160 valence electrons. The number of carbonyl (C=O) groups is 2. The van der Waals surface area contributed by atoms with Gasteiger partial charge in [-0.05, 0) is 25.0 Å². The van der Waals surface area contributed by atoms with Gasteiger partial charge in [-0.15, -0.1) is 0 Å². The fourth-order valence-electron chi connectivity index (χ4n) is 3.07. The first kappa shape index (κ1) is 22.4. The summed E-state index contributed by atoms with van der Waals surface area (Å²) in [6.45, 7) is 1.46. The summed E-state index contributed by atoms with van der Waals surface area (Å²) in [6, 6.07) is 2.14. The van der Waals surface area contributed by atoms with E-state index in [0.29, 0.717) is 32.0 Å². The van der Waals surface area contributed by atoms with E-state index < -0.39 is 28.3 Å². The van der Waals surface area contributed by atoms with Crippen LogP contribution in [0.4, 0.5) is 24.5 Å². The van der Waals surface area contributed by atoms with Gasteiger partial charge in [0.05, 0.1) is 17.0 Å². The Morgan fingerprint density at radius 1 is 1.28 bits per heavy atom. The zero-order valence-electron chi connectivity index (χ0n) is 15.5. The molecule has 0 bridgehead atoms. The first-order valence-electron chi connectivity index (χ1n) is 8.96. The van der Waals surface area contributed by atoms with Gasteiger partial charge in [0.25, 0.3) is 5.69 Å². The number of piperidine rings is 1. The van der Waals surface area contributed by atoms with Crippen molar-refractivity contribution in [1.82, 2.24) is 10.2 Å². The molecule has 4 N–H and O–H groups in total. The van der Waals surface area contributed by atoms with Gasteiger partial charge in [0.15, 0.2) is 0 Å². The largest absolute Gasteiger partial charge is 0.416 e. The van der Waals surface area contributed by atoms with Crippen LogP contribution in [0.25, 0.3) is 0 Å². The minimum absolute atomic E-state index is 0.000321. The Labute approximate surface area is 164 Å². The number of rotatable bonds is 8. The normalized spacial score (nSPS) is 15.7. The highest BCUT2D eigenvalue weighted by atomic mass is 19.4. The molecule has 0 spiro atoms. The van der Waals surface area contributed by atoms with E-state index in [9.17, 15) is 32.9 Å². The quantitative estimate of drug-likeness (QED) is 0.434. The molecule has 1 saturated heterocycles. The van der Waals surface area contributed by atoms with Gasteiger partial charge in [0.2, 0.25) is 11.8 Å². The lowest BCUT2D eigenvalue weighted by Crippen LogP contribution is -2.46. The van der Waals surface area contributed by atoms with Crippen LogP contribution in [0.5, 0.6) is 0 Å². The Hall–Kier alpha value is -2.89. The zero-order chi connectivity index (χ0) is 21.6. The molecule has 0 aromatic heterocycles. The maximum absolute atomic E-state index is 12.7. The maximum atomic E-state index is 12.7. The van der Waals surface area contributed by atoms with Crippen LogP contribution < -0.4 is 16.4 Å². The highest BCUT2D eigenvalue weighted by Gasteiger charge is 2.33. The summed E-state index contributed by atoms with van der Waals surface area (Å²) < 4.78 is 38.1. The van der Waals surface area contributed by atoms with Crippen molar-refractivity contribution in [1.29, 1.82) is 0 Å². The number of primary amides is 1. The fourth-order valence-corrected chi connectivity index (χ4v) is 3.07. The predicted molar refractivity (Wildman–Crippen MR) is 98.0 cm³/mol. The highest BCUT2D eigenvalue weighted by molar-refractivity contribution is 5.77. The number of alkyl halides is 3. The summed E-state index contributed by atoms with van der Waals surface area (Å²) >= 11 is 0. The van der Waals surface area contributed by atoms with Gasteiger partial charge in [-0.2, -0.15) is 13.2 Å². The number of likely N-dealkylation sites (tertiary alicyclic amines) is 1. The van der Waals surface area contributed by atoms with Gasteiger partial charge in [-0.1, -0.05) is 0 Å². The number of nitro groups is 1. The third-order valence-corrected chi connectivity index (χ3v) is 4.52. The van der Waals surface area contributed by atoms with Gasteiger partial charge in [0.1, 0.15) is 5.69 Å². The summed E-state index contributed by atoms with van der Waals surface area (Å²) in [7, 11) is 0. The number of carbonyl (C=O) groups excluding carboxylic acids is 2. The Balaban J connectivity index is 1.82. The van der Waals surface area contributed by atoms with Gasteiger partial charge >= 0.3 is 6.18 Å². The molecule has 2 amide bonds. The number of hydrogen-bond donors (Lipinski definition) is 3. The SMILES string of the molecule is NC(=O)CN1CCC(NC(=O)CCNc2ccc(C(F)(F)F)cc2[N+](=O)[O-])CC1. The summed E-state index contributed by atoms with van der Waals surface area (Å²) in [6.07, 6.45) is -3.36. The van der Waals surface area contributed by atoms with E-state index in [4.69, 9.17) is 5.73 Å². The lowest BCUT2D eigenvalue weighted by Gasteiger charge is -2.31. The zero-order valence-corrected chi connectivity index (χ0v) is 15.5. The maximum Gasteiger partial charge on any atom is 0.416 e. The van der Waals surface area contributed by atoms with E-state index in [1.54, 1.807) is 0 Å². The molecular weight excluding hydrogens is 395 g/mol. The van der Waals surface area contributed by atoms with Crippen molar-refractivity contribution in [3.8, 4) is 0 Å². The lowest BCUT2D eigenvalue weighted by atomic mass is 10.0. The Bertz CT molecular complexity index is 764.